The fourth-order valence-electron chi connectivity index (χ4n) is 2.05. The maximum absolute atomic E-state index is 10.2. The molecule has 6 nitrogen and oxygen atoms in total. The van der Waals surface area contributed by atoms with E-state index >= 15 is 0 Å². The number of fused-ring (bicyclic) bond motifs is 1. The van der Waals surface area contributed by atoms with Gasteiger partial charge in [0.1, 0.15) is 0 Å². The van der Waals surface area contributed by atoms with Gasteiger partial charge in [0.25, 0.3) is 0 Å². The minimum atomic E-state index is -0.701. The van der Waals surface area contributed by atoms with E-state index in [-0.39, 0.29) is 20.0 Å². The van der Waals surface area contributed by atoms with Crippen molar-refractivity contribution in [3.63, 3.8) is 0 Å². The van der Waals surface area contributed by atoms with Crippen molar-refractivity contribution in [3.8, 4) is 11.5 Å². The highest BCUT2D eigenvalue weighted by Crippen LogP contribution is 2.34. The monoisotopic (exact) mass is 269 g/mol. The van der Waals surface area contributed by atoms with Crippen LogP contribution in [0.3, 0.4) is 0 Å². The topological polar surface area (TPSA) is 82.4 Å². The summed E-state index contributed by atoms with van der Waals surface area (Å²) in [6.45, 7) is 1.38. The molecule has 0 bridgehead atoms. The highest BCUT2D eigenvalue weighted by atomic mass is 16.7. The van der Waals surface area contributed by atoms with Crippen LogP contribution in [0.2, 0.25) is 0 Å². The second-order valence-corrected chi connectivity index (χ2v) is 4.38. The quantitative estimate of drug-likeness (QED) is 0.632. The van der Waals surface area contributed by atoms with Gasteiger partial charge in [-0.2, -0.15) is 0 Å². The summed E-state index contributed by atoms with van der Waals surface area (Å²) in [7, 11) is 0. The Bertz CT molecular complexity index is 406. The molecule has 1 heterocycles. The first-order valence-corrected chi connectivity index (χ1v) is 6.26. The molecule has 106 valence electrons. The average Bonchev–Trinajstić information content (AvgIpc) is 2.86. The van der Waals surface area contributed by atoms with Gasteiger partial charge in [-0.15, -0.1) is 0 Å². The number of nitrogens with zero attached hydrogens (tertiary/aromatic N) is 1. The van der Waals surface area contributed by atoms with Crippen molar-refractivity contribution >= 4 is 0 Å². The van der Waals surface area contributed by atoms with E-state index in [0.717, 1.165) is 5.56 Å². The Hall–Kier alpha value is -1.34. The zero-order valence-corrected chi connectivity index (χ0v) is 10.7. The minimum absolute atomic E-state index is 0.00609. The fraction of sp³-hybridized carbons (Fsp3) is 0.538. The largest absolute Gasteiger partial charge is 0.454 e. The lowest BCUT2D eigenvalue weighted by Crippen LogP contribution is -2.33. The molecule has 1 aliphatic rings. The Balaban J connectivity index is 2.00. The third kappa shape index (κ3) is 3.57. The molecular weight excluding hydrogens is 250 g/mol. The first-order chi connectivity index (χ1) is 9.24. The Labute approximate surface area is 111 Å². The molecule has 0 radical (unpaired) electrons. The number of benzene rings is 1. The lowest BCUT2D eigenvalue weighted by Gasteiger charge is -2.23. The van der Waals surface area contributed by atoms with Gasteiger partial charge in [-0.3, -0.25) is 4.90 Å². The van der Waals surface area contributed by atoms with Crippen LogP contribution in [0.1, 0.15) is 11.7 Å². The molecule has 1 aliphatic heterocycles. The van der Waals surface area contributed by atoms with Crippen molar-refractivity contribution in [2.24, 2.45) is 0 Å². The minimum Gasteiger partial charge on any atom is -0.454 e. The van der Waals surface area contributed by atoms with E-state index in [1.807, 2.05) is 0 Å². The van der Waals surface area contributed by atoms with Gasteiger partial charge < -0.3 is 24.8 Å². The van der Waals surface area contributed by atoms with E-state index in [9.17, 15) is 5.11 Å². The third-order valence-corrected chi connectivity index (χ3v) is 3.04. The fourth-order valence-corrected chi connectivity index (χ4v) is 2.05. The number of hydrogen-bond acceptors (Lipinski definition) is 6. The van der Waals surface area contributed by atoms with Crippen LogP contribution in [0.25, 0.3) is 0 Å². The molecule has 2 rings (SSSR count). The molecule has 0 fully saturated rings. The second kappa shape index (κ2) is 6.72. The Morgan fingerprint density at radius 1 is 1.11 bits per heavy atom. The van der Waals surface area contributed by atoms with Crippen LogP contribution >= 0.6 is 0 Å². The number of rotatable bonds is 7. The smallest absolute Gasteiger partial charge is 0.231 e. The SMILES string of the molecule is OCCN(CCO)CC(O)c1ccc2c(c1)OCO2. The number of aliphatic hydroxyl groups is 3. The van der Waals surface area contributed by atoms with Crippen molar-refractivity contribution < 1.29 is 24.8 Å². The average molecular weight is 269 g/mol. The molecule has 0 amide bonds. The summed E-state index contributed by atoms with van der Waals surface area (Å²) in [6.07, 6.45) is -0.701. The maximum atomic E-state index is 10.2. The second-order valence-electron chi connectivity index (χ2n) is 4.38. The van der Waals surface area contributed by atoms with Gasteiger partial charge in [0.15, 0.2) is 11.5 Å². The maximum Gasteiger partial charge on any atom is 0.231 e. The zero-order chi connectivity index (χ0) is 13.7. The lowest BCUT2D eigenvalue weighted by molar-refractivity contribution is 0.0873. The normalized spacial score (nSPS) is 14.9. The van der Waals surface area contributed by atoms with Crippen molar-refractivity contribution in [1.29, 1.82) is 0 Å². The predicted octanol–water partition coefficient (Wildman–Crippen LogP) is -0.265. The Morgan fingerprint density at radius 3 is 2.47 bits per heavy atom. The van der Waals surface area contributed by atoms with E-state index in [1.165, 1.54) is 0 Å². The number of hydrogen-bond donors (Lipinski definition) is 3. The molecule has 0 aliphatic carbocycles. The molecule has 0 saturated carbocycles. The van der Waals surface area contributed by atoms with Crippen LogP contribution < -0.4 is 9.47 Å². The summed E-state index contributed by atoms with van der Waals surface area (Å²) in [5.74, 6) is 1.31. The number of aliphatic hydroxyl groups excluding tert-OH is 3. The Morgan fingerprint density at radius 2 is 1.79 bits per heavy atom. The lowest BCUT2D eigenvalue weighted by atomic mass is 10.1. The van der Waals surface area contributed by atoms with Crippen molar-refractivity contribution in [3.05, 3.63) is 23.8 Å². The predicted molar refractivity (Wildman–Crippen MR) is 68.1 cm³/mol. The van der Waals surface area contributed by atoms with Gasteiger partial charge in [-0.1, -0.05) is 6.07 Å². The molecule has 0 aromatic heterocycles. The van der Waals surface area contributed by atoms with E-state index < -0.39 is 6.10 Å². The van der Waals surface area contributed by atoms with Gasteiger partial charge in [0, 0.05) is 19.6 Å². The van der Waals surface area contributed by atoms with Gasteiger partial charge in [-0.25, -0.2) is 0 Å². The van der Waals surface area contributed by atoms with Crippen molar-refractivity contribution in [2.75, 3.05) is 39.6 Å². The van der Waals surface area contributed by atoms with Gasteiger partial charge >= 0.3 is 0 Å². The van der Waals surface area contributed by atoms with E-state index in [1.54, 1.807) is 23.1 Å². The molecule has 1 aromatic carbocycles. The highest BCUT2D eigenvalue weighted by Gasteiger charge is 2.18. The summed E-state index contributed by atoms with van der Waals surface area (Å²) < 4.78 is 10.5. The highest BCUT2D eigenvalue weighted by molar-refractivity contribution is 5.45. The van der Waals surface area contributed by atoms with Crippen LogP contribution in [-0.4, -0.2) is 59.9 Å². The molecular formula is C13H19NO5. The van der Waals surface area contributed by atoms with Gasteiger partial charge in [0.2, 0.25) is 6.79 Å². The molecule has 6 heteroatoms. The molecule has 3 N–H and O–H groups in total. The molecule has 1 aromatic rings. The summed E-state index contributed by atoms with van der Waals surface area (Å²) in [4.78, 5) is 1.80. The molecule has 1 atom stereocenters. The third-order valence-electron chi connectivity index (χ3n) is 3.04. The van der Waals surface area contributed by atoms with Crippen LogP contribution in [-0.2, 0) is 0 Å². The van der Waals surface area contributed by atoms with Crippen LogP contribution in [0, 0.1) is 0 Å². The molecule has 0 saturated heterocycles. The summed E-state index contributed by atoms with van der Waals surface area (Å²) in [5, 5.41) is 28.0. The first kappa shape index (κ1) is 14.1. The number of ether oxygens (including phenoxy) is 2. The Kier molecular flexibility index (Phi) is 4.98. The van der Waals surface area contributed by atoms with E-state index in [0.29, 0.717) is 31.1 Å². The van der Waals surface area contributed by atoms with Crippen molar-refractivity contribution in [2.45, 2.75) is 6.10 Å². The van der Waals surface area contributed by atoms with E-state index in [4.69, 9.17) is 19.7 Å². The standard InChI is InChI=1S/C13H19NO5/c15-5-3-14(4-6-16)8-11(17)10-1-2-12-13(7-10)19-9-18-12/h1-2,7,11,15-17H,3-6,8-9H2. The first-order valence-electron chi connectivity index (χ1n) is 6.26. The van der Waals surface area contributed by atoms with Crippen LogP contribution in [0.5, 0.6) is 11.5 Å². The summed E-state index contributed by atoms with van der Waals surface area (Å²) >= 11 is 0. The summed E-state index contributed by atoms with van der Waals surface area (Å²) in [6, 6.07) is 5.31. The molecule has 19 heavy (non-hydrogen) atoms. The zero-order valence-electron chi connectivity index (χ0n) is 10.7. The van der Waals surface area contributed by atoms with Crippen LogP contribution in [0.15, 0.2) is 18.2 Å². The van der Waals surface area contributed by atoms with Gasteiger partial charge in [-0.05, 0) is 17.7 Å². The van der Waals surface area contributed by atoms with Crippen molar-refractivity contribution in [1.82, 2.24) is 4.90 Å². The van der Waals surface area contributed by atoms with E-state index in [2.05, 4.69) is 0 Å². The van der Waals surface area contributed by atoms with Gasteiger partial charge in [0.05, 0.1) is 19.3 Å². The molecule has 0 spiro atoms. The molecule has 1 unspecified atom stereocenters. The van der Waals surface area contributed by atoms with Crippen LogP contribution in [0.4, 0.5) is 0 Å². The summed E-state index contributed by atoms with van der Waals surface area (Å²) in [5.41, 5.74) is 0.727.